The van der Waals surface area contributed by atoms with Crippen LogP contribution in [-0.2, 0) is 0 Å². The summed E-state index contributed by atoms with van der Waals surface area (Å²) in [6.07, 6.45) is -1.15. The minimum absolute atomic E-state index is 0.162. The van der Waals surface area contributed by atoms with Crippen molar-refractivity contribution in [2.24, 2.45) is 0 Å². The van der Waals surface area contributed by atoms with Gasteiger partial charge in [-0.3, -0.25) is 0 Å². The van der Waals surface area contributed by atoms with Crippen molar-refractivity contribution in [1.29, 1.82) is 0 Å². The first-order chi connectivity index (χ1) is 9.45. The lowest BCUT2D eigenvalue weighted by molar-refractivity contribution is 0.213. The molecule has 1 N–H and O–H groups in total. The van der Waals surface area contributed by atoms with Crippen LogP contribution in [0.3, 0.4) is 0 Å². The van der Waals surface area contributed by atoms with Gasteiger partial charge in [-0.1, -0.05) is 12.1 Å². The summed E-state index contributed by atoms with van der Waals surface area (Å²) in [4.78, 5) is 0. The number of rotatable bonds is 3. The summed E-state index contributed by atoms with van der Waals surface area (Å²) in [6.45, 7) is 0. The van der Waals surface area contributed by atoms with Gasteiger partial charge in [0.05, 0.1) is 16.1 Å². The van der Waals surface area contributed by atoms with Crippen molar-refractivity contribution < 1.29 is 18.6 Å². The van der Waals surface area contributed by atoms with Crippen molar-refractivity contribution in [2.75, 3.05) is 7.11 Å². The van der Waals surface area contributed by atoms with Gasteiger partial charge in [-0.25, -0.2) is 8.78 Å². The maximum Gasteiger partial charge on any atom is 0.141 e. The van der Waals surface area contributed by atoms with E-state index in [1.807, 2.05) is 0 Å². The molecule has 20 heavy (non-hydrogen) atoms. The Balaban J connectivity index is 2.55. The first-order valence-electron chi connectivity index (χ1n) is 5.60. The molecule has 0 saturated carbocycles. The van der Waals surface area contributed by atoms with Crippen LogP contribution in [0.5, 0.6) is 5.75 Å². The number of aliphatic hydroxyl groups is 1. The van der Waals surface area contributed by atoms with E-state index in [4.69, 9.17) is 4.74 Å². The molecule has 0 bridgehead atoms. The molecule has 0 fully saturated rings. The van der Waals surface area contributed by atoms with Crippen LogP contribution >= 0.6 is 31.9 Å². The first kappa shape index (κ1) is 15.4. The highest BCUT2D eigenvalue weighted by Crippen LogP contribution is 2.37. The third kappa shape index (κ3) is 2.87. The Morgan fingerprint density at radius 3 is 2.45 bits per heavy atom. The normalized spacial score (nSPS) is 12.3. The van der Waals surface area contributed by atoms with Gasteiger partial charge in [0.1, 0.15) is 23.5 Å². The predicted octanol–water partition coefficient (Wildman–Crippen LogP) is 4.58. The lowest BCUT2D eigenvalue weighted by Crippen LogP contribution is -2.05. The summed E-state index contributed by atoms with van der Waals surface area (Å²) in [5.74, 6) is -0.799. The van der Waals surface area contributed by atoms with E-state index in [1.165, 1.54) is 25.3 Å². The maximum absolute atomic E-state index is 13.5. The Morgan fingerprint density at radius 2 is 1.80 bits per heavy atom. The Kier molecular flexibility index (Phi) is 4.78. The number of halogens is 4. The third-order valence-corrected chi connectivity index (χ3v) is 4.29. The summed E-state index contributed by atoms with van der Waals surface area (Å²) in [5, 5.41) is 10.4. The standard InChI is InChI=1S/C14H10Br2F2O2/c1-20-12-6-11(18)9(15)5-8(12)14(19)7-3-2-4-10(17)13(7)16/h2-6,14,19H,1H3. The molecule has 2 aromatic carbocycles. The van der Waals surface area contributed by atoms with E-state index in [-0.39, 0.29) is 14.7 Å². The van der Waals surface area contributed by atoms with E-state index in [9.17, 15) is 13.9 Å². The van der Waals surface area contributed by atoms with Crippen LogP contribution in [0.1, 0.15) is 17.2 Å². The topological polar surface area (TPSA) is 29.5 Å². The van der Waals surface area contributed by atoms with Crippen molar-refractivity contribution in [1.82, 2.24) is 0 Å². The van der Waals surface area contributed by atoms with Gasteiger partial charge in [-0.2, -0.15) is 0 Å². The van der Waals surface area contributed by atoms with Crippen LogP contribution in [0.15, 0.2) is 39.3 Å². The largest absolute Gasteiger partial charge is 0.496 e. The quantitative estimate of drug-likeness (QED) is 0.806. The third-order valence-electron chi connectivity index (χ3n) is 2.84. The summed E-state index contributed by atoms with van der Waals surface area (Å²) in [5.41, 5.74) is 0.675. The Morgan fingerprint density at radius 1 is 1.10 bits per heavy atom. The van der Waals surface area contributed by atoms with E-state index >= 15 is 0 Å². The maximum atomic E-state index is 13.5. The molecule has 2 aromatic rings. The molecule has 6 heteroatoms. The molecule has 0 heterocycles. The number of benzene rings is 2. The van der Waals surface area contributed by atoms with Gasteiger partial charge >= 0.3 is 0 Å². The zero-order valence-electron chi connectivity index (χ0n) is 10.3. The zero-order chi connectivity index (χ0) is 14.9. The molecular formula is C14H10Br2F2O2. The van der Waals surface area contributed by atoms with Crippen LogP contribution in [0.25, 0.3) is 0 Å². The minimum Gasteiger partial charge on any atom is -0.496 e. The van der Waals surface area contributed by atoms with Gasteiger partial charge in [0.15, 0.2) is 0 Å². The van der Waals surface area contributed by atoms with Gasteiger partial charge in [0, 0.05) is 17.2 Å². The smallest absolute Gasteiger partial charge is 0.141 e. The number of hydrogen-bond acceptors (Lipinski definition) is 2. The molecule has 0 aliphatic heterocycles. The Hall–Kier alpha value is -0.980. The number of methoxy groups -OCH3 is 1. The molecule has 2 rings (SSSR count). The molecule has 1 unspecified atom stereocenters. The summed E-state index contributed by atoms with van der Waals surface area (Å²) in [7, 11) is 1.37. The first-order valence-corrected chi connectivity index (χ1v) is 7.19. The van der Waals surface area contributed by atoms with Crippen molar-refractivity contribution in [2.45, 2.75) is 6.10 Å². The average molecular weight is 408 g/mol. The van der Waals surface area contributed by atoms with Gasteiger partial charge in [0.25, 0.3) is 0 Å². The molecule has 106 valence electrons. The van der Waals surface area contributed by atoms with E-state index in [0.717, 1.165) is 6.07 Å². The fourth-order valence-electron chi connectivity index (χ4n) is 1.83. The van der Waals surface area contributed by atoms with Crippen LogP contribution in [0.2, 0.25) is 0 Å². The van der Waals surface area contributed by atoms with Gasteiger partial charge < -0.3 is 9.84 Å². The fourth-order valence-corrected chi connectivity index (χ4v) is 2.68. The number of aliphatic hydroxyl groups excluding tert-OH is 1. The van der Waals surface area contributed by atoms with Gasteiger partial charge in [-0.05, 0) is 44.0 Å². The molecule has 1 atom stereocenters. The van der Waals surface area contributed by atoms with Crippen molar-refractivity contribution in [3.8, 4) is 5.75 Å². The highest BCUT2D eigenvalue weighted by atomic mass is 79.9. The molecule has 0 aliphatic rings. The molecule has 2 nitrogen and oxygen atoms in total. The second-order valence-corrected chi connectivity index (χ2v) is 5.70. The molecular weight excluding hydrogens is 398 g/mol. The Bertz CT molecular complexity index is 647. The second-order valence-electron chi connectivity index (χ2n) is 4.05. The lowest BCUT2D eigenvalue weighted by atomic mass is 10.0. The molecule has 0 radical (unpaired) electrons. The van der Waals surface area contributed by atoms with E-state index in [2.05, 4.69) is 31.9 Å². The highest BCUT2D eigenvalue weighted by molar-refractivity contribution is 9.10. The van der Waals surface area contributed by atoms with Crippen molar-refractivity contribution in [3.05, 3.63) is 62.0 Å². The predicted molar refractivity (Wildman–Crippen MR) is 78.8 cm³/mol. The van der Waals surface area contributed by atoms with Crippen LogP contribution in [0.4, 0.5) is 8.78 Å². The van der Waals surface area contributed by atoms with Crippen LogP contribution in [0, 0.1) is 11.6 Å². The van der Waals surface area contributed by atoms with Crippen LogP contribution < -0.4 is 4.74 Å². The average Bonchev–Trinajstić information content (AvgIpc) is 2.43. The summed E-state index contributed by atoms with van der Waals surface area (Å²) >= 11 is 6.15. The lowest BCUT2D eigenvalue weighted by Gasteiger charge is -2.17. The molecule has 0 aliphatic carbocycles. The number of ether oxygens (including phenoxy) is 1. The minimum atomic E-state index is -1.15. The van der Waals surface area contributed by atoms with E-state index in [1.54, 1.807) is 6.07 Å². The molecule has 0 spiro atoms. The van der Waals surface area contributed by atoms with E-state index < -0.39 is 17.7 Å². The highest BCUT2D eigenvalue weighted by Gasteiger charge is 2.21. The summed E-state index contributed by atoms with van der Waals surface area (Å²) < 4.78 is 32.4. The van der Waals surface area contributed by atoms with Gasteiger partial charge in [-0.15, -0.1) is 0 Å². The molecule has 0 amide bonds. The van der Waals surface area contributed by atoms with Gasteiger partial charge in [0.2, 0.25) is 0 Å². The molecule has 0 saturated heterocycles. The van der Waals surface area contributed by atoms with Crippen molar-refractivity contribution in [3.63, 3.8) is 0 Å². The second kappa shape index (κ2) is 6.20. The zero-order valence-corrected chi connectivity index (χ0v) is 13.5. The van der Waals surface area contributed by atoms with E-state index in [0.29, 0.717) is 11.1 Å². The fraction of sp³-hybridized carbons (Fsp3) is 0.143. The molecule has 0 aromatic heterocycles. The number of hydrogen-bond donors (Lipinski definition) is 1. The SMILES string of the molecule is COc1cc(F)c(Br)cc1C(O)c1cccc(F)c1Br. The monoisotopic (exact) mass is 406 g/mol. The summed E-state index contributed by atoms with van der Waals surface area (Å²) in [6, 6.07) is 6.92. The Labute approximate surface area is 131 Å². The van der Waals surface area contributed by atoms with Crippen LogP contribution in [-0.4, -0.2) is 12.2 Å². The van der Waals surface area contributed by atoms with Crippen molar-refractivity contribution >= 4 is 31.9 Å².